The molecule has 1 amide bonds. The van der Waals surface area contributed by atoms with Crippen molar-refractivity contribution in [3.05, 3.63) is 12.3 Å². The number of nitrogens with one attached hydrogen (secondary N) is 1. The van der Waals surface area contributed by atoms with Crippen molar-refractivity contribution in [3.8, 4) is 0 Å². The van der Waals surface area contributed by atoms with Gasteiger partial charge in [-0.25, -0.2) is 0 Å². The molecule has 1 heterocycles. The number of likely N-dealkylation sites (tertiary alicyclic amines) is 1. The monoisotopic (exact) mass is 210 g/mol. The molecule has 3 nitrogen and oxygen atoms in total. The van der Waals surface area contributed by atoms with Crippen LogP contribution in [0.3, 0.4) is 0 Å². The summed E-state index contributed by atoms with van der Waals surface area (Å²) >= 11 is 0. The summed E-state index contributed by atoms with van der Waals surface area (Å²) in [5.74, 6) is 1.21. The molecule has 0 unspecified atom stereocenters. The third-order valence-corrected chi connectivity index (χ3v) is 3.23. The van der Waals surface area contributed by atoms with Crippen molar-refractivity contribution in [1.82, 2.24) is 10.2 Å². The van der Waals surface area contributed by atoms with Crippen molar-refractivity contribution < 1.29 is 4.79 Å². The summed E-state index contributed by atoms with van der Waals surface area (Å²) in [5, 5.41) is 3.41. The number of nitrogens with zero attached hydrogens (tertiary/aromatic N) is 1. The van der Waals surface area contributed by atoms with Crippen molar-refractivity contribution in [1.29, 1.82) is 0 Å². The fourth-order valence-electron chi connectivity index (χ4n) is 1.53. The van der Waals surface area contributed by atoms with Crippen LogP contribution < -0.4 is 5.32 Å². The van der Waals surface area contributed by atoms with E-state index in [9.17, 15) is 4.79 Å². The lowest BCUT2D eigenvalue weighted by Crippen LogP contribution is -2.52. The Balaban J connectivity index is 2.29. The lowest BCUT2D eigenvalue weighted by Gasteiger charge is -2.40. The topological polar surface area (TPSA) is 32.3 Å². The SMILES string of the molecule is C=C(N[C@H](C)C(C)C)C1CN(C(C)=O)C1. The van der Waals surface area contributed by atoms with E-state index in [1.165, 1.54) is 0 Å². The van der Waals surface area contributed by atoms with E-state index in [1.54, 1.807) is 6.92 Å². The number of hydrogen-bond acceptors (Lipinski definition) is 2. The zero-order valence-corrected chi connectivity index (χ0v) is 10.2. The van der Waals surface area contributed by atoms with Gasteiger partial charge in [0.05, 0.1) is 0 Å². The van der Waals surface area contributed by atoms with Gasteiger partial charge in [-0.05, 0) is 12.8 Å². The van der Waals surface area contributed by atoms with Crippen molar-refractivity contribution in [2.45, 2.75) is 33.7 Å². The maximum atomic E-state index is 11.0. The summed E-state index contributed by atoms with van der Waals surface area (Å²) < 4.78 is 0. The fourth-order valence-corrected chi connectivity index (χ4v) is 1.53. The average Bonchev–Trinajstić information content (AvgIpc) is 1.99. The number of amides is 1. The summed E-state index contributed by atoms with van der Waals surface area (Å²) in [4.78, 5) is 12.8. The number of hydrogen-bond donors (Lipinski definition) is 1. The Hall–Kier alpha value is -0.990. The van der Waals surface area contributed by atoms with Crippen molar-refractivity contribution in [2.24, 2.45) is 11.8 Å². The smallest absolute Gasteiger partial charge is 0.219 e. The maximum absolute atomic E-state index is 11.0. The third kappa shape index (κ3) is 2.98. The van der Waals surface area contributed by atoms with Gasteiger partial charge in [0.2, 0.25) is 5.91 Å². The molecule has 1 atom stereocenters. The van der Waals surface area contributed by atoms with Crippen LogP contribution in [0, 0.1) is 11.8 Å². The van der Waals surface area contributed by atoms with E-state index >= 15 is 0 Å². The maximum Gasteiger partial charge on any atom is 0.219 e. The normalized spacial score (nSPS) is 18.6. The molecular formula is C12H22N2O. The van der Waals surface area contributed by atoms with Crippen molar-refractivity contribution in [2.75, 3.05) is 13.1 Å². The first kappa shape index (κ1) is 12.1. The van der Waals surface area contributed by atoms with Gasteiger partial charge in [-0.15, -0.1) is 0 Å². The van der Waals surface area contributed by atoms with Crippen LogP contribution >= 0.6 is 0 Å². The van der Waals surface area contributed by atoms with E-state index in [1.807, 2.05) is 4.90 Å². The summed E-state index contributed by atoms with van der Waals surface area (Å²) in [6.45, 7) is 13.8. The molecule has 86 valence electrons. The molecule has 0 radical (unpaired) electrons. The van der Waals surface area contributed by atoms with Crippen LogP contribution in [0.1, 0.15) is 27.7 Å². The molecule has 0 saturated carbocycles. The summed E-state index contributed by atoms with van der Waals surface area (Å²) in [7, 11) is 0. The molecule has 1 aliphatic rings. The zero-order chi connectivity index (χ0) is 11.6. The second-order valence-electron chi connectivity index (χ2n) is 4.82. The van der Waals surface area contributed by atoms with Crippen LogP contribution in [0.25, 0.3) is 0 Å². The summed E-state index contributed by atoms with van der Waals surface area (Å²) in [6.07, 6.45) is 0. The van der Waals surface area contributed by atoms with Crippen LogP contribution in [0.15, 0.2) is 12.3 Å². The van der Waals surface area contributed by atoms with Gasteiger partial charge in [-0.2, -0.15) is 0 Å². The van der Waals surface area contributed by atoms with Crippen LogP contribution in [-0.4, -0.2) is 29.9 Å². The number of carbonyl (C=O) groups is 1. The highest BCUT2D eigenvalue weighted by Crippen LogP contribution is 2.21. The minimum Gasteiger partial charge on any atom is -0.386 e. The Morgan fingerprint density at radius 3 is 2.33 bits per heavy atom. The third-order valence-electron chi connectivity index (χ3n) is 3.23. The van der Waals surface area contributed by atoms with Gasteiger partial charge >= 0.3 is 0 Å². The lowest BCUT2D eigenvalue weighted by molar-refractivity contribution is -0.134. The van der Waals surface area contributed by atoms with Crippen LogP contribution in [0.2, 0.25) is 0 Å². The van der Waals surface area contributed by atoms with E-state index in [-0.39, 0.29) is 5.91 Å². The molecule has 0 aromatic rings. The predicted molar refractivity (Wildman–Crippen MR) is 62.3 cm³/mol. The zero-order valence-electron chi connectivity index (χ0n) is 10.2. The van der Waals surface area contributed by atoms with Gasteiger partial charge in [0.25, 0.3) is 0 Å². The quantitative estimate of drug-likeness (QED) is 0.764. The predicted octanol–water partition coefficient (Wildman–Crippen LogP) is 1.61. The second-order valence-corrected chi connectivity index (χ2v) is 4.82. The Labute approximate surface area is 92.5 Å². The van der Waals surface area contributed by atoms with E-state index in [4.69, 9.17) is 0 Å². The largest absolute Gasteiger partial charge is 0.386 e. The molecule has 0 spiro atoms. The molecule has 0 bridgehead atoms. The highest BCUT2D eigenvalue weighted by atomic mass is 16.2. The molecule has 1 aliphatic heterocycles. The van der Waals surface area contributed by atoms with Gasteiger partial charge in [-0.1, -0.05) is 20.4 Å². The van der Waals surface area contributed by atoms with Crippen molar-refractivity contribution >= 4 is 5.91 Å². The Morgan fingerprint density at radius 1 is 1.40 bits per heavy atom. The minimum atomic E-state index is 0.163. The molecule has 1 rings (SSSR count). The average molecular weight is 210 g/mol. The van der Waals surface area contributed by atoms with Crippen molar-refractivity contribution in [3.63, 3.8) is 0 Å². The molecule has 0 aliphatic carbocycles. The molecule has 0 aromatic heterocycles. The van der Waals surface area contributed by atoms with E-state index in [2.05, 4.69) is 32.7 Å². The highest BCUT2D eigenvalue weighted by Gasteiger charge is 2.30. The van der Waals surface area contributed by atoms with Gasteiger partial charge in [0.1, 0.15) is 0 Å². The molecule has 1 N–H and O–H groups in total. The molecule has 1 saturated heterocycles. The van der Waals surface area contributed by atoms with E-state index < -0.39 is 0 Å². The van der Waals surface area contributed by atoms with Gasteiger partial charge < -0.3 is 10.2 Å². The molecule has 1 fully saturated rings. The fraction of sp³-hybridized carbons (Fsp3) is 0.750. The second kappa shape index (κ2) is 4.69. The van der Waals surface area contributed by atoms with E-state index in [0.29, 0.717) is 17.9 Å². The van der Waals surface area contributed by atoms with Gasteiger partial charge in [0.15, 0.2) is 0 Å². The van der Waals surface area contributed by atoms with E-state index in [0.717, 1.165) is 18.8 Å². The Morgan fingerprint density at radius 2 is 1.93 bits per heavy atom. The van der Waals surface area contributed by atoms with Gasteiger partial charge in [0, 0.05) is 37.7 Å². The number of carbonyl (C=O) groups excluding carboxylic acids is 1. The molecule has 15 heavy (non-hydrogen) atoms. The first-order chi connectivity index (χ1) is 6.91. The minimum absolute atomic E-state index is 0.163. The molecule has 3 heteroatoms. The first-order valence-electron chi connectivity index (χ1n) is 5.62. The number of rotatable bonds is 4. The molecule has 0 aromatic carbocycles. The van der Waals surface area contributed by atoms with Crippen LogP contribution in [0.5, 0.6) is 0 Å². The lowest BCUT2D eigenvalue weighted by atomic mass is 9.95. The highest BCUT2D eigenvalue weighted by molar-refractivity contribution is 5.74. The Kier molecular flexibility index (Phi) is 3.77. The molecular weight excluding hydrogens is 188 g/mol. The Bertz CT molecular complexity index is 254. The summed E-state index contributed by atoms with van der Waals surface area (Å²) in [5.41, 5.74) is 1.08. The first-order valence-corrected chi connectivity index (χ1v) is 5.62. The van der Waals surface area contributed by atoms with Gasteiger partial charge in [-0.3, -0.25) is 4.79 Å². The standard InChI is InChI=1S/C12H22N2O/c1-8(2)9(3)13-10(4)12-6-14(7-12)11(5)15/h8-9,12-13H,4,6-7H2,1-3,5H3/t9-/m1/s1. The van der Waals surface area contributed by atoms with Crippen LogP contribution in [0.4, 0.5) is 0 Å². The van der Waals surface area contributed by atoms with Crippen LogP contribution in [-0.2, 0) is 4.79 Å². The summed E-state index contributed by atoms with van der Waals surface area (Å²) in [6, 6.07) is 0.448.